The minimum Gasteiger partial charge on any atom is -0.394 e. The van der Waals surface area contributed by atoms with Gasteiger partial charge in [0.1, 0.15) is 6.10 Å². The minimum atomic E-state index is -1.09. The Morgan fingerprint density at radius 2 is 0.951 bits per heavy atom. The van der Waals surface area contributed by atoms with Gasteiger partial charge >= 0.3 is 0 Å². The van der Waals surface area contributed by atoms with Crippen molar-refractivity contribution < 1.29 is 20.1 Å². The second-order valence-electron chi connectivity index (χ2n) is 12.4. The zero-order chi connectivity index (χ0) is 30.2. The first kappa shape index (κ1) is 40.1. The summed E-state index contributed by atoms with van der Waals surface area (Å²) in [5.74, 6) is -0.503. The third-order valence-electron chi connectivity index (χ3n) is 8.38. The lowest BCUT2D eigenvalue weighted by Gasteiger charge is -2.21. The van der Waals surface area contributed by atoms with Crippen molar-refractivity contribution in [3.63, 3.8) is 0 Å². The summed E-state index contributed by atoms with van der Waals surface area (Å²) in [5.41, 5.74) is 0. The van der Waals surface area contributed by atoms with Crippen molar-refractivity contribution in [1.82, 2.24) is 5.32 Å². The number of carbonyl (C=O) groups is 1. The van der Waals surface area contributed by atoms with E-state index in [1.807, 2.05) is 6.08 Å². The van der Waals surface area contributed by atoms with Crippen LogP contribution in [0.15, 0.2) is 12.2 Å². The molecule has 5 heteroatoms. The molecule has 3 unspecified atom stereocenters. The Labute approximate surface area is 255 Å². The Balaban J connectivity index is 3.71. The maximum atomic E-state index is 12.4. The number of nitrogens with one attached hydrogen (secondary N) is 1. The first-order valence-electron chi connectivity index (χ1n) is 18.0. The highest BCUT2D eigenvalue weighted by Crippen LogP contribution is 2.15. The topological polar surface area (TPSA) is 89.8 Å². The van der Waals surface area contributed by atoms with E-state index in [2.05, 4.69) is 19.2 Å². The fraction of sp³-hybridized carbons (Fsp3) is 0.917. The Morgan fingerprint density at radius 1 is 0.585 bits per heavy atom. The SMILES string of the molecule is CCCCCCCCCCC/C=C/C(O)C(CO)NC(=O)C(O)CCCCCCCCCCCCCCCCCC. The zero-order valence-corrected chi connectivity index (χ0v) is 27.4. The number of hydrogen-bond donors (Lipinski definition) is 4. The predicted molar refractivity (Wildman–Crippen MR) is 176 cm³/mol. The molecule has 0 saturated carbocycles. The Hall–Kier alpha value is -0.910. The van der Waals surface area contributed by atoms with Crippen LogP contribution in [0.3, 0.4) is 0 Å². The highest BCUT2D eigenvalue weighted by atomic mass is 16.3. The number of amides is 1. The summed E-state index contributed by atoms with van der Waals surface area (Å²) in [6.45, 7) is 4.15. The van der Waals surface area contributed by atoms with Gasteiger partial charge in [-0.2, -0.15) is 0 Å². The molecule has 0 rings (SSSR count). The average molecular weight is 582 g/mol. The molecule has 0 aliphatic carbocycles. The Kier molecular flexibility index (Phi) is 31.3. The van der Waals surface area contributed by atoms with Crippen LogP contribution in [0.1, 0.15) is 187 Å². The van der Waals surface area contributed by atoms with Gasteiger partial charge in [-0.25, -0.2) is 0 Å². The van der Waals surface area contributed by atoms with Gasteiger partial charge in [0, 0.05) is 0 Å². The molecule has 0 saturated heterocycles. The molecule has 4 N–H and O–H groups in total. The number of hydrogen-bond acceptors (Lipinski definition) is 4. The van der Waals surface area contributed by atoms with E-state index in [1.54, 1.807) is 6.08 Å². The molecule has 0 aliphatic rings. The molecule has 0 aromatic heterocycles. The molecule has 3 atom stereocenters. The van der Waals surface area contributed by atoms with Crippen molar-refractivity contribution in [3.05, 3.63) is 12.2 Å². The van der Waals surface area contributed by atoms with E-state index in [-0.39, 0.29) is 6.61 Å². The normalized spacial score (nSPS) is 14.0. The van der Waals surface area contributed by atoms with E-state index in [4.69, 9.17) is 0 Å². The Bertz CT molecular complexity index is 568. The molecule has 0 aliphatic heterocycles. The molecule has 0 spiro atoms. The number of rotatable bonds is 32. The number of allylic oxidation sites excluding steroid dienone is 1. The summed E-state index contributed by atoms with van der Waals surface area (Å²) >= 11 is 0. The molecule has 0 heterocycles. The molecule has 0 aromatic carbocycles. The van der Waals surface area contributed by atoms with Crippen molar-refractivity contribution in [3.8, 4) is 0 Å². The van der Waals surface area contributed by atoms with Crippen LogP contribution in [-0.2, 0) is 4.79 Å². The summed E-state index contributed by atoms with van der Waals surface area (Å²) in [6.07, 6.45) is 35.1. The van der Waals surface area contributed by atoms with E-state index >= 15 is 0 Å². The second kappa shape index (κ2) is 32.0. The van der Waals surface area contributed by atoms with Crippen LogP contribution in [0.2, 0.25) is 0 Å². The first-order chi connectivity index (χ1) is 20.1. The van der Waals surface area contributed by atoms with Crippen molar-refractivity contribution in [2.75, 3.05) is 6.61 Å². The molecular weight excluding hydrogens is 510 g/mol. The molecular formula is C36H71NO4. The average Bonchev–Trinajstić information content (AvgIpc) is 2.98. The number of unbranched alkanes of at least 4 members (excludes halogenated alkanes) is 24. The monoisotopic (exact) mass is 582 g/mol. The largest absolute Gasteiger partial charge is 0.394 e. The molecule has 41 heavy (non-hydrogen) atoms. The molecule has 1 amide bonds. The fourth-order valence-electron chi connectivity index (χ4n) is 5.48. The van der Waals surface area contributed by atoms with E-state index in [0.29, 0.717) is 6.42 Å². The Morgan fingerprint density at radius 3 is 1.34 bits per heavy atom. The maximum absolute atomic E-state index is 12.4. The van der Waals surface area contributed by atoms with Gasteiger partial charge < -0.3 is 20.6 Å². The van der Waals surface area contributed by atoms with Crippen LogP contribution in [0, 0.1) is 0 Å². The van der Waals surface area contributed by atoms with Crippen LogP contribution in [-0.4, -0.2) is 46.1 Å². The molecule has 5 nitrogen and oxygen atoms in total. The lowest BCUT2D eigenvalue weighted by atomic mass is 10.0. The van der Waals surface area contributed by atoms with E-state index in [9.17, 15) is 20.1 Å². The van der Waals surface area contributed by atoms with Crippen molar-refractivity contribution in [1.29, 1.82) is 0 Å². The van der Waals surface area contributed by atoms with Gasteiger partial charge in [0.25, 0.3) is 0 Å². The molecule has 0 radical (unpaired) electrons. The van der Waals surface area contributed by atoms with E-state index < -0.39 is 24.2 Å². The summed E-state index contributed by atoms with van der Waals surface area (Å²) in [7, 11) is 0. The maximum Gasteiger partial charge on any atom is 0.249 e. The summed E-state index contributed by atoms with van der Waals surface area (Å²) in [6, 6.07) is -0.790. The van der Waals surface area contributed by atoms with Crippen molar-refractivity contribution in [2.24, 2.45) is 0 Å². The standard InChI is InChI=1S/C36H71NO4/c1-3-5-7-9-11-13-15-16-17-18-19-21-23-25-27-29-31-35(40)36(41)37-33(32-38)34(39)30-28-26-24-22-20-14-12-10-8-6-4-2/h28,30,33-35,38-40H,3-27,29,31-32H2,1-2H3,(H,37,41)/b30-28+. The van der Waals surface area contributed by atoms with Gasteiger partial charge in [-0.3, -0.25) is 4.79 Å². The molecule has 0 aromatic rings. The summed E-state index contributed by atoms with van der Waals surface area (Å²) in [4.78, 5) is 12.4. The van der Waals surface area contributed by atoms with Gasteiger partial charge in [0.05, 0.1) is 18.8 Å². The van der Waals surface area contributed by atoms with Crippen LogP contribution >= 0.6 is 0 Å². The van der Waals surface area contributed by atoms with Crippen LogP contribution in [0.5, 0.6) is 0 Å². The van der Waals surface area contributed by atoms with Crippen LogP contribution < -0.4 is 5.32 Å². The van der Waals surface area contributed by atoms with Crippen LogP contribution in [0.25, 0.3) is 0 Å². The fourth-order valence-corrected chi connectivity index (χ4v) is 5.48. The third-order valence-corrected chi connectivity index (χ3v) is 8.38. The van der Waals surface area contributed by atoms with Crippen molar-refractivity contribution >= 4 is 5.91 Å². The highest BCUT2D eigenvalue weighted by Gasteiger charge is 2.22. The second-order valence-corrected chi connectivity index (χ2v) is 12.4. The van der Waals surface area contributed by atoms with Gasteiger partial charge in [-0.15, -0.1) is 0 Å². The highest BCUT2D eigenvalue weighted by molar-refractivity contribution is 5.80. The quantitative estimate of drug-likeness (QED) is 0.0471. The lowest BCUT2D eigenvalue weighted by Crippen LogP contribution is -2.48. The van der Waals surface area contributed by atoms with E-state index in [1.165, 1.54) is 135 Å². The number of carbonyl (C=O) groups excluding carboxylic acids is 1. The summed E-state index contributed by atoms with van der Waals surface area (Å²) in [5, 5.41) is 32.9. The van der Waals surface area contributed by atoms with E-state index in [0.717, 1.165) is 32.1 Å². The number of aliphatic hydroxyl groups excluding tert-OH is 3. The molecule has 244 valence electrons. The van der Waals surface area contributed by atoms with Crippen molar-refractivity contribution in [2.45, 2.75) is 205 Å². The van der Waals surface area contributed by atoms with Gasteiger partial charge in [-0.05, 0) is 19.3 Å². The third kappa shape index (κ3) is 27.7. The molecule has 0 fully saturated rings. The van der Waals surface area contributed by atoms with Gasteiger partial charge in [0.15, 0.2) is 0 Å². The summed E-state index contributed by atoms with van der Waals surface area (Å²) < 4.78 is 0. The van der Waals surface area contributed by atoms with Crippen LogP contribution in [0.4, 0.5) is 0 Å². The first-order valence-corrected chi connectivity index (χ1v) is 18.0. The zero-order valence-electron chi connectivity index (χ0n) is 27.4. The lowest BCUT2D eigenvalue weighted by molar-refractivity contribution is -0.131. The number of aliphatic hydroxyl groups is 3. The molecule has 0 bridgehead atoms. The smallest absolute Gasteiger partial charge is 0.249 e. The minimum absolute atomic E-state index is 0.360. The van der Waals surface area contributed by atoms with Gasteiger partial charge in [0.2, 0.25) is 5.91 Å². The van der Waals surface area contributed by atoms with Gasteiger partial charge in [-0.1, -0.05) is 180 Å². The predicted octanol–water partition coefficient (Wildman–Crippen LogP) is 9.31.